The monoisotopic (exact) mass is 289 g/mol. The molecule has 1 unspecified atom stereocenters. The Hall–Kier alpha value is -2.30. The van der Waals surface area contributed by atoms with Crippen molar-refractivity contribution in [3.05, 3.63) is 40.8 Å². The molecule has 0 radical (unpaired) electrons. The molecule has 5 nitrogen and oxygen atoms in total. The van der Waals surface area contributed by atoms with Gasteiger partial charge in [-0.25, -0.2) is 0 Å². The molecule has 112 valence electrons. The highest BCUT2D eigenvalue weighted by molar-refractivity contribution is 5.83. The van der Waals surface area contributed by atoms with E-state index in [1.807, 2.05) is 13.8 Å². The van der Waals surface area contributed by atoms with Gasteiger partial charge in [0.25, 0.3) is 5.56 Å². The lowest BCUT2D eigenvalue weighted by molar-refractivity contribution is -0.149. The summed E-state index contributed by atoms with van der Waals surface area (Å²) in [5, 5.41) is 1.33. The number of fused-ring (bicyclic) bond motifs is 1. The first-order valence-electron chi connectivity index (χ1n) is 6.91. The zero-order valence-corrected chi connectivity index (χ0v) is 12.5. The van der Waals surface area contributed by atoms with Crippen molar-refractivity contribution in [2.75, 3.05) is 7.11 Å². The van der Waals surface area contributed by atoms with Crippen molar-refractivity contribution < 1.29 is 14.3 Å². The maximum absolute atomic E-state index is 12.3. The lowest BCUT2D eigenvalue weighted by atomic mass is 10.1. The van der Waals surface area contributed by atoms with Crippen molar-refractivity contribution in [2.45, 2.75) is 32.9 Å². The molecule has 0 fully saturated rings. The van der Waals surface area contributed by atoms with Gasteiger partial charge in [-0.3, -0.25) is 9.59 Å². The largest absolute Gasteiger partial charge is 0.497 e. The molecule has 5 heteroatoms. The molecule has 0 saturated heterocycles. The molecule has 1 aromatic heterocycles. The standard InChI is InChI=1S/C16H19NO4/c1-4-11(2)21-15(18)10-17-8-7-12-9-13(20-3)5-6-14(12)16(17)19/h5-9,11H,4,10H2,1-3H3. The molecule has 1 atom stereocenters. The molecule has 0 N–H and O–H groups in total. The first-order chi connectivity index (χ1) is 10.0. The maximum Gasteiger partial charge on any atom is 0.326 e. The number of ether oxygens (including phenoxy) is 2. The average molecular weight is 289 g/mol. The fraction of sp³-hybridized carbons (Fsp3) is 0.375. The highest BCUT2D eigenvalue weighted by Crippen LogP contribution is 2.17. The molecule has 2 aromatic rings. The van der Waals surface area contributed by atoms with E-state index in [9.17, 15) is 9.59 Å². The Morgan fingerprint density at radius 2 is 2.10 bits per heavy atom. The summed E-state index contributed by atoms with van der Waals surface area (Å²) in [4.78, 5) is 24.1. The quantitative estimate of drug-likeness (QED) is 0.793. The van der Waals surface area contributed by atoms with E-state index in [4.69, 9.17) is 9.47 Å². The number of methoxy groups -OCH3 is 1. The normalized spacial score (nSPS) is 12.1. The Labute approximate surface area is 123 Å². The van der Waals surface area contributed by atoms with E-state index in [1.54, 1.807) is 37.6 Å². The van der Waals surface area contributed by atoms with Crippen molar-refractivity contribution >= 4 is 16.7 Å². The second-order valence-corrected chi connectivity index (χ2v) is 4.91. The summed E-state index contributed by atoms with van der Waals surface area (Å²) >= 11 is 0. The minimum Gasteiger partial charge on any atom is -0.497 e. The van der Waals surface area contributed by atoms with Crippen LogP contribution < -0.4 is 10.3 Å². The van der Waals surface area contributed by atoms with Crippen molar-refractivity contribution in [2.24, 2.45) is 0 Å². The number of nitrogens with zero attached hydrogens (tertiary/aromatic N) is 1. The third-order valence-corrected chi connectivity index (χ3v) is 3.39. The van der Waals surface area contributed by atoms with Gasteiger partial charge in [0.05, 0.1) is 13.2 Å². The van der Waals surface area contributed by atoms with E-state index in [0.717, 1.165) is 11.8 Å². The molecular formula is C16H19NO4. The summed E-state index contributed by atoms with van der Waals surface area (Å²) in [6, 6.07) is 7.01. The third kappa shape index (κ3) is 3.42. The zero-order chi connectivity index (χ0) is 15.4. The molecule has 0 amide bonds. The number of rotatable bonds is 5. The van der Waals surface area contributed by atoms with Gasteiger partial charge in [0.1, 0.15) is 12.3 Å². The summed E-state index contributed by atoms with van der Waals surface area (Å²) in [6.07, 6.45) is 2.21. The number of esters is 1. The van der Waals surface area contributed by atoms with E-state index < -0.39 is 5.97 Å². The fourth-order valence-electron chi connectivity index (χ4n) is 2.00. The summed E-state index contributed by atoms with van der Waals surface area (Å²) in [7, 11) is 1.58. The molecule has 0 aliphatic rings. The molecule has 0 saturated carbocycles. The minimum absolute atomic E-state index is 0.0782. The third-order valence-electron chi connectivity index (χ3n) is 3.39. The molecular weight excluding hydrogens is 270 g/mol. The van der Waals surface area contributed by atoms with E-state index in [2.05, 4.69) is 0 Å². The lowest BCUT2D eigenvalue weighted by Crippen LogP contribution is -2.26. The number of benzene rings is 1. The molecule has 1 heterocycles. The second-order valence-electron chi connectivity index (χ2n) is 4.91. The van der Waals surface area contributed by atoms with Crippen LogP contribution in [0.4, 0.5) is 0 Å². The number of hydrogen-bond donors (Lipinski definition) is 0. The first kappa shape index (κ1) is 15.1. The molecule has 0 spiro atoms. The van der Waals surface area contributed by atoms with Crippen LogP contribution in [0.25, 0.3) is 10.8 Å². The van der Waals surface area contributed by atoms with Crippen LogP contribution in [-0.2, 0) is 16.1 Å². The van der Waals surface area contributed by atoms with E-state index in [1.165, 1.54) is 4.57 Å². The van der Waals surface area contributed by atoms with Gasteiger partial charge in [0.2, 0.25) is 0 Å². The van der Waals surface area contributed by atoms with Gasteiger partial charge in [0.15, 0.2) is 0 Å². The minimum atomic E-state index is -0.403. The molecule has 0 aliphatic heterocycles. The molecule has 0 aliphatic carbocycles. The molecule has 0 bridgehead atoms. The summed E-state index contributed by atoms with van der Waals surface area (Å²) < 4.78 is 11.7. The highest BCUT2D eigenvalue weighted by atomic mass is 16.5. The van der Waals surface area contributed by atoms with Gasteiger partial charge in [-0.2, -0.15) is 0 Å². The van der Waals surface area contributed by atoms with Gasteiger partial charge < -0.3 is 14.0 Å². The van der Waals surface area contributed by atoms with Crippen LogP contribution >= 0.6 is 0 Å². The van der Waals surface area contributed by atoms with Crippen LogP contribution in [0, 0.1) is 0 Å². The van der Waals surface area contributed by atoms with Gasteiger partial charge in [-0.1, -0.05) is 6.92 Å². The molecule has 21 heavy (non-hydrogen) atoms. The van der Waals surface area contributed by atoms with Crippen molar-refractivity contribution in [1.29, 1.82) is 0 Å². The Kier molecular flexibility index (Phi) is 4.62. The van der Waals surface area contributed by atoms with Gasteiger partial charge in [0, 0.05) is 11.6 Å². The van der Waals surface area contributed by atoms with Gasteiger partial charge in [-0.15, -0.1) is 0 Å². The number of carbonyl (C=O) groups excluding carboxylic acids is 1. The second kappa shape index (κ2) is 6.43. The van der Waals surface area contributed by atoms with Crippen LogP contribution in [-0.4, -0.2) is 23.8 Å². The predicted octanol–water partition coefficient (Wildman–Crippen LogP) is 2.35. The summed E-state index contributed by atoms with van der Waals surface area (Å²) in [5.74, 6) is 0.287. The van der Waals surface area contributed by atoms with Crippen LogP contribution in [0.1, 0.15) is 20.3 Å². The van der Waals surface area contributed by atoms with Gasteiger partial charge in [-0.05, 0) is 43.0 Å². The highest BCUT2D eigenvalue weighted by Gasteiger charge is 2.11. The lowest BCUT2D eigenvalue weighted by Gasteiger charge is -2.12. The van der Waals surface area contributed by atoms with Crippen LogP contribution in [0.3, 0.4) is 0 Å². The van der Waals surface area contributed by atoms with Crippen molar-refractivity contribution in [1.82, 2.24) is 4.57 Å². The van der Waals surface area contributed by atoms with E-state index in [-0.39, 0.29) is 18.2 Å². The number of pyridine rings is 1. The van der Waals surface area contributed by atoms with Crippen LogP contribution in [0.5, 0.6) is 5.75 Å². The molecule has 2 rings (SSSR count). The Bertz CT molecular complexity index is 705. The van der Waals surface area contributed by atoms with E-state index in [0.29, 0.717) is 11.1 Å². The number of carbonyl (C=O) groups is 1. The van der Waals surface area contributed by atoms with Gasteiger partial charge >= 0.3 is 5.97 Å². The molecule has 1 aromatic carbocycles. The summed E-state index contributed by atoms with van der Waals surface area (Å²) in [6.45, 7) is 3.69. The fourth-order valence-corrected chi connectivity index (χ4v) is 2.00. The predicted molar refractivity (Wildman–Crippen MR) is 80.6 cm³/mol. The van der Waals surface area contributed by atoms with E-state index >= 15 is 0 Å². The SMILES string of the molecule is CCC(C)OC(=O)Cn1ccc2cc(OC)ccc2c1=O. The Morgan fingerprint density at radius 3 is 2.76 bits per heavy atom. The summed E-state index contributed by atoms with van der Waals surface area (Å²) in [5.41, 5.74) is -0.212. The Balaban J connectivity index is 2.28. The number of aromatic nitrogens is 1. The number of hydrogen-bond acceptors (Lipinski definition) is 4. The topological polar surface area (TPSA) is 57.5 Å². The Morgan fingerprint density at radius 1 is 1.33 bits per heavy atom. The average Bonchev–Trinajstić information content (AvgIpc) is 2.49. The first-order valence-corrected chi connectivity index (χ1v) is 6.91. The smallest absolute Gasteiger partial charge is 0.326 e. The van der Waals surface area contributed by atoms with Crippen molar-refractivity contribution in [3.8, 4) is 5.75 Å². The van der Waals surface area contributed by atoms with Crippen LogP contribution in [0.15, 0.2) is 35.3 Å². The maximum atomic E-state index is 12.3. The van der Waals surface area contributed by atoms with Crippen molar-refractivity contribution in [3.63, 3.8) is 0 Å². The zero-order valence-electron chi connectivity index (χ0n) is 12.5. The van der Waals surface area contributed by atoms with Crippen LogP contribution in [0.2, 0.25) is 0 Å².